The van der Waals surface area contributed by atoms with Crippen LogP contribution in [0.5, 0.6) is 0 Å². The molecule has 6 heteroatoms. The average Bonchev–Trinajstić information content (AvgIpc) is 3.09. The van der Waals surface area contributed by atoms with Gasteiger partial charge in [0.05, 0.1) is 36.2 Å². The van der Waals surface area contributed by atoms with Gasteiger partial charge in [0, 0.05) is 6.54 Å². The Morgan fingerprint density at radius 1 is 1.43 bits per heavy atom. The largest absolute Gasteiger partial charge is 0.372 e. The predicted octanol–water partition coefficient (Wildman–Crippen LogP) is 2.53. The number of aryl methyl sites for hydroxylation is 1. The lowest BCUT2D eigenvalue weighted by molar-refractivity contribution is 0.134. The smallest absolute Gasteiger partial charge is 0.0893 e. The monoisotopic (exact) mass is 306 g/mol. The van der Waals surface area contributed by atoms with E-state index in [9.17, 15) is 0 Å². The molecule has 2 heterocycles. The molecule has 0 amide bonds. The summed E-state index contributed by atoms with van der Waals surface area (Å²) in [7, 11) is 0. The number of nitrogens with zero attached hydrogens (tertiary/aromatic N) is 2. The number of hydrogen-bond acceptors (Lipinski definition) is 4. The molecule has 21 heavy (non-hydrogen) atoms. The summed E-state index contributed by atoms with van der Waals surface area (Å²) in [6.45, 7) is 4.26. The van der Waals surface area contributed by atoms with Crippen LogP contribution in [0.25, 0.3) is 0 Å². The van der Waals surface area contributed by atoms with Gasteiger partial charge < -0.3 is 4.74 Å². The average molecular weight is 307 g/mol. The van der Waals surface area contributed by atoms with E-state index in [-0.39, 0.29) is 6.04 Å². The lowest BCUT2D eigenvalue weighted by Crippen LogP contribution is -2.31. The molecule has 1 atom stereocenters. The highest BCUT2D eigenvalue weighted by atomic mass is 35.5. The fraction of sp³-hybridized carbons (Fsp3) is 0.400. The van der Waals surface area contributed by atoms with Crippen LogP contribution < -0.4 is 11.3 Å². The Kier molecular flexibility index (Phi) is 4.26. The maximum absolute atomic E-state index is 6.32. The van der Waals surface area contributed by atoms with Crippen molar-refractivity contribution < 1.29 is 4.74 Å². The summed E-state index contributed by atoms with van der Waals surface area (Å²) in [6.07, 6.45) is 2.66. The van der Waals surface area contributed by atoms with Gasteiger partial charge in [-0.25, -0.2) is 5.43 Å². The van der Waals surface area contributed by atoms with Crippen LogP contribution in [-0.4, -0.2) is 9.78 Å². The molecule has 1 aliphatic rings. The summed E-state index contributed by atoms with van der Waals surface area (Å²) in [5.74, 6) is 5.79. The van der Waals surface area contributed by atoms with Gasteiger partial charge in [0.1, 0.15) is 0 Å². The fourth-order valence-electron chi connectivity index (χ4n) is 2.75. The summed E-state index contributed by atoms with van der Waals surface area (Å²) in [5.41, 5.74) is 7.29. The second-order valence-corrected chi connectivity index (χ2v) is 5.63. The SMILES string of the molecule is CCCn1ncc(Cl)c1C(NN)c1ccc2c(c1)COC2. The molecule has 1 aromatic carbocycles. The van der Waals surface area contributed by atoms with Gasteiger partial charge in [-0.05, 0) is 23.1 Å². The molecule has 0 fully saturated rings. The van der Waals surface area contributed by atoms with E-state index in [1.807, 2.05) is 4.68 Å². The van der Waals surface area contributed by atoms with Crippen molar-refractivity contribution in [3.05, 3.63) is 51.8 Å². The van der Waals surface area contributed by atoms with Crippen LogP contribution in [-0.2, 0) is 24.5 Å². The minimum Gasteiger partial charge on any atom is -0.372 e. The molecular weight excluding hydrogens is 288 g/mol. The first kappa shape index (κ1) is 14.5. The molecule has 3 N–H and O–H groups in total. The van der Waals surface area contributed by atoms with E-state index in [0.29, 0.717) is 18.2 Å². The van der Waals surface area contributed by atoms with E-state index in [2.05, 4.69) is 35.6 Å². The maximum atomic E-state index is 6.32. The third-order valence-corrected chi connectivity index (χ3v) is 4.08. The van der Waals surface area contributed by atoms with Gasteiger partial charge in [-0.2, -0.15) is 5.10 Å². The summed E-state index contributed by atoms with van der Waals surface area (Å²) < 4.78 is 7.38. The van der Waals surface area contributed by atoms with Crippen LogP contribution in [0.15, 0.2) is 24.4 Å². The van der Waals surface area contributed by atoms with E-state index < -0.39 is 0 Å². The van der Waals surface area contributed by atoms with Crippen LogP contribution in [0, 0.1) is 0 Å². The number of rotatable bonds is 5. The number of benzene rings is 1. The number of halogens is 1. The second-order valence-electron chi connectivity index (χ2n) is 5.22. The third-order valence-electron chi connectivity index (χ3n) is 3.79. The number of nitrogens with one attached hydrogen (secondary N) is 1. The lowest BCUT2D eigenvalue weighted by Gasteiger charge is -2.19. The Morgan fingerprint density at radius 2 is 2.24 bits per heavy atom. The molecule has 1 aliphatic heterocycles. The van der Waals surface area contributed by atoms with Crippen LogP contribution in [0.4, 0.5) is 0 Å². The molecule has 0 saturated carbocycles. The second kappa shape index (κ2) is 6.15. The van der Waals surface area contributed by atoms with Crippen LogP contribution >= 0.6 is 11.6 Å². The summed E-state index contributed by atoms with van der Waals surface area (Å²) >= 11 is 6.32. The van der Waals surface area contributed by atoms with Gasteiger partial charge in [0.2, 0.25) is 0 Å². The van der Waals surface area contributed by atoms with Crippen molar-refractivity contribution in [2.24, 2.45) is 5.84 Å². The van der Waals surface area contributed by atoms with Crippen molar-refractivity contribution in [1.82, 2.24) is 15.2 Å². The first-order valence-electron chi connectivity index (χ1n) is 7.11. The van der Waals surface area contributed by atoms with Gasteiger partial charge in [-0.3, -0.25) is 10.5 Å². The number of fused-ring (bicyclic) bond motifs is 1. The Hall–Kier alpha value is -1.40. The highest BCUT2D eigenvalue weighted by molar-refractivity contribution is 6.31. The number of aromatic nitrogens is 2. The van der Waals surface area contributed by atoms with Crippen molar-refractivity contribution in [1.29, 1.82) is 0 Å². The molecule has 2 aromatic rings. The number of nitrogens with two attached hydrogens (primary N) is 1. The van der Waals surface area contributed by atoms with Gasteiger partial charge in [-0.15, -0.1) is 0 Å². The zero-order valence-electron chi connectivity index (χ0n) is 12.0. The molecule has 0 bridgehead atoms. The minimum atomic E-state index is -0.183. The number of hydrazine groups is 1. The van der Waals surface area contributed by atoms with E-state index >= 15 is 0 Å². The van der Waals surface area contributed by atoms with Gasteiger partial charge in [-0.1, -0.05) is 36.7 Å². The standard InChI is InChI=1S/C15H19ClN4O/c1-2-5-20-15(13(16)7-18-20)14(19-17)10-3-4-11-8-21-9-12(11)6-10/h3-4,6-7,14,19H,2,5,8-9,17H2,1H3. The van der Waals surface area contributed by atoms with Crippen molar-refractivity contribution in [3.8, 4) is 0 Å². The van der Waals surface area contributed by atoms with Gasteiger partial charge >= 0.3 is 0 Å². The van der Waals surface area contributed by atoms with E-state index in [0.717, 1.165) is 24.2 Å². The maximum Gasteiger partial charge on any atom is 0.0893 e. The lowest BCUT2D eigenvalue weighted by atomic mass is 9.99. The Labute approximate surface area is 129 Å². The van der Waals surface area contributed by atoms with Gasteiger partial charge in [0.25, 0.3) is 0 Å². The highest BCUT2D eigenvalue weighted by Crippen LogP contribution is 2.30. The van der Waals surface area contributed by atoms with Gasteiger partial charge in [0.15, 0.2) is 0 Å². The van der Waals surface area contributed by atoms with Crippen molar-refractivity contribution >= 4 is 11.6 Å². The Balaban J connectivity index is 2.00. The summed E-state index contributed by atoms with van der Waals surface area (Å²) in [4.78, 5) is 0. The minimum absolute atomic E-state index is 0.183. The quantitative estimate of drug-likeness (QED) is 0.658. The molecule has 0 saturated heterocycles. The normalized spacial score (nSPS) is 15.2. The molecule has 1 aromatic heterocycles. The molecule has 0 radical (unpaired) electrons. The van der Waals surface area contributed by atoms with Crippen molar-refractivity contribution in [2.45, 2.75) is 39.1 Å². The Bertz CT molecular complexity index is 641. The van der Waals surface area contributed by atoms with Crippen LogP contribution in [0.1, 0.15) is 41.8 Å². The fourth-order valence-corrected chi connectivity index (χ4v) is 3.00. The topological polar surface area (TPSA) is 65.1 Å². The molecule has 112 valence electrons. The predicted molar refractivity (Wildman–Crippen MR) is 81.6 cm³/mol. The molecule has 5 nitrogen and oxygen atoms in total. The Morgan fingerprint density at radius 3 is 3.00 bits per heavy atom. The highest BCUT2D eigenvalue weighted by Gasteiger charge is 2.22. The third kappa shape index (κ3) is 2.70. The van der Waals surface area contributed by atoms with E-state index in [4.69, 9.17) is 22.2 Å². The molecular formula is C15H19ClN4O. The first-order valence-corrected chi connectivity index (χ1v) is 7.49. The molecule has 0 aliphatic carbocycles. The zero-order valence-corrected chi connectivity index (χ0v) is 12.7. The van der Waals surface area contributed by atoms with Crippen LogP contribution in [0.3, 0.4) is 0 Å². The van der Waals surface area contributed by atoms with E-state index in [1.54, 1.807) is 6.20 Å². The summed E-state index contributed by atoms with van der Waals surface area (Å²) in [6, 6.07) is 6.11. The zero-order chi connectivity index (χ0) is 14.8. The molecule has 1 unspecified atom stereocenters. The van der Waals surface area contributed by atoms with Crippen molar-refractivity contribution in [3.63, 3.8) is 0 Å². The van der Waals surface area contributed by atoms with Crippen molar-refractivity contribution in [2.75, 3.05) is 0 Å². The number of ether oxygens (including phenoxy) is 1. The summed E-state index contributed by atoms with van der Waals surface area (Å²) in [5, 5.41) is 4.96. The number of hydrogen-bond donors (Lipinski definition) is 2. The van der Waals surface area contributed by atoms with E-state index in [1.165, 1.54) is 11.1 Å². The first-order chi connectivity index (χ1) is 10.2. The molecule has 0 spiro atoms. The van der Waals surface area contributed by atoms with Crippen LogP contribution in [0.2, 0.25) is 5.02 Å². The molecule has 3 rings (SSSR count).